The van der Waals surface area contributed by atoms with Crippen LogP contribution in [-0.2, 0) is 5.41 Å². The van der Waals surface area contributed by atoms with Gasteiger partial charge in [-0.1, -0.05) is 20.8 Å². The quantitative estimate of drug-likeness (QED) is 0.804. The lowest BCUT2D eigenvalue weighted by atomic mass is 9.91. The number of nitrogens with one attached hydrogen (secondary N) is 1. The summed E-state index contributed by atoms with van der Waals surface area (Å²) in [6.07, 6.45) is 2.03. The van der Waals surface area contributed by atoms with E-state index in [1.807, 2.05) is 27.0 Å². The van der Waals surface area contributed by atoms with Gasteiger partial charge in [-0.3, -0.25) is 0 Å². The molecule has 0 spiro atoms. The number of anilines is 1. The molecule has 0 amide bonds. The zero-order valence-corrected chi connectivity index (χ0v) is 12.1. The number of thioether (sulfide) groups is 1. The molecule has 0 atom stereocenters. The van der Waals surface area contributed by atoms with Crippen LogP contribution in [0.4, 0.5) is 5.82 Å². The second-order valence-corrected chi connectivity index (χ2v) is 6.09. The molecule has 0 bridgehead atoms. The minimum atomic E-state index is -0.921. The third kappa shape index (κ3) is 4.22. The predicted octanol–water partition coefficient (Wildman–Crippen LogP) is 2.85. The first kappa shape index (κ1) is 14.8. The fraction of sp³-hybridized carbons (Fsp3) is 0.538. The Labute approximate surface area is 112 Å². The average Bonchev–Trinajstić information content (AvgIpc) is 2.28. The van der Waals surface area contributed by atoms with Gasteiger partial charge in [0.15, 0.2) is 0 Å². The molecule has 0 aliphatic rings. The van der Waals surface area contributed by atoms with Crippen LogP contribution in [0.2, 0.25) is 0 Å². The van der Waals surface area contributed by atoms with Gasteiger partial charge in [0, 0.05) is 23.4 Å². The predicted molar refractivity (Wildman–Crippen MR) is 76.8 cm³/mol. The molecule has 0 aliphatic carbocycles. The number of aromatic nitrogens is 1. The Kier molecular flexibility index (Phi) is 5.02. The van der Waals surface area contributed by atoms with Crippen LogP contribution in [0.3, 0.4) is 0 Å². The van der Waals surface area contributed by atoms with E-state index in [1.165, 1.54) is 0 Å². The van der Waals surface area contributed by atoms with E-state index in [2.05, 4.69) is 10.3 Å². The van der Waals surface area contributed by atoms with E-state index >= 15 is 0 Å². The van der Waals surface area contributed by atoms with Crippen molar-refractivity contribution >= 4 is 23.5 Å². The fourth-order valence-electron chi connectivity index (χ4n) is 1.41. The summed E-state index contributed by atoms with van der Waals surface area (Å²) < 4.78 is 0. The minimum Gasteiger partial charge on any atom is -0.478 e. The Hall–Kier alpha value is -1.23. The summed E-state index contributed by atoms with van der Waals surface area (Å²) >= 11 is 1.73. The smallest absolute Gasteiger partial charge is 0.335 e. The van der Waals surface area contributed by atoms with E-state index in [0.717, 1.165) is 18.0 Å². The number of carbonyl (C=O) groups is 1. The molecule has 4 nitrogen and oxygen atoms in total. The second-order valence-electron chi connectivity index (χ2n) is 5.10. The molecular formula is C13H20N2O2S. The Morgan fingerprint density at radius 2 is 2.11 bits per heavy atom. The van der Waals surface area contributed by atoms with Crippen LogP contribution in [0, 0.1) is 0 Å². The molecule has 100 valence electrons. The van der Waals surface area contributed by atoms with Gasteiger partial charge in [-0.05, 0) is 18.4 Å². The molecule has 18 heavy (non-hydrogen) atoms. The lowest BCUT2D eigenvalue weighted by Gasteiger charge is -2.19. The number of nitrogens with zero attached hydrogens (tertiary/aromatic N) is 1. The number of rotatable bonds is 5. The van der Waals surface area contributed by atoms with Gasteiger partial charge in [-0.25, -0.2) is 9.78 Å². The Balaban J connectivity index is 3.03. The van der Waals surface area contributed by atoms with E-state index in [0.29, 0.717) is 5.82 Å². The topological polar surface area (TPSA) is 62.2 Å². The molecule has 0 aromatic carbocycles. The molecule has 0 radical (unpaired) electrons. The maximum Gasteiger partial charge on any atom is 0.335 e. The summed E-state index contributed by atoms with van der Waals surface area (Å²) in [5.74, 6) is 0.675. The highest BCUT2D eigenvalue weighted by Crippen LogP contribution is 2.23. The summed E-state index contributed by atoms with van der Waals surface area (Å²) in [7, 11) is 0. The Bertz CT molecular complexity index is 427. The van der Waals surface area contributed by atoms with Crippen LogP contribution in [-0.4, -0.2) is 34.6 Å². The largest absolute Gasteiger partial charge is 0.478 e. The first-order valence-corrected chi connectivity index (χ1v) is 7.22. The van der Waals surface area contributed by atoms with Crippen molar-refractivity contribution < 1.29 is 9.90 Å². The third-order valence-corrected chi connectivity index (χ3v) is 3.07. The van der Waals surface area contributed by atoms with E-state index in [1.54, 1.807) is 23.9 Å². The highest BCUT2D eigenvalue weighted by atomic mass is 32.2. The van der Waals surface area contributed by atoms with Crippen LogP contribution in [0.15, 0.2) is 12.1 Å². The molecule has 0 fully saturated rings. The van der Waals surface area contributed by atoms with Gasteiger partial charge in [0.1, 0.15) is 5.82 Å². The van der Waals surface area contributed by atoms with Crippen molar-refractivity contribution in [3.8, 4) is 0 Å². The monoisotopic (exact) mass is 268 g/mol. The first-order chi connectivity index (χ1) is 8.34. The molecule has 2 N–H and O–H groups in total. The Morgan fingerprint density at radius 1 is 1.44 bits per heavy atom. The van der Waals surface area contributed by atoms with Crippen molar-refractivity contribution in [2.24, 2.45) is 0 Å². The average molecular weight is 268 g/mol. The summed E-state index contributed by atoms with van der Waals surface area (Å²) in [6.45, 7) is 6.84. The maximum absolute atomic E-state index is 11.1. The van der Waals surface area contributed by atoms with Gasteiger partial charge < -0.3 is 10.4 Å². The van der Waals surface area contributed by atoms with Crippen LogP contribution < -0.4 is 5.32 Å². The summed E-state index contributed by atoms with van der Waals surface area (Å²) in [5, 5.41) is 12.3. The molecule has 0 aliphatic heterocycles. The number of hydrogen-bond acceptors (Lipinski definition) is 4. The zero-order chi connectivity index (χ0) is 13.8. The molecule has 0 saturated carbocycles. The van der Waals surface area contributed by atoms with E-state index in [9.17, 15) is 4.79 Å². The molecule has 1 aromatic heterocycles. The summed E-state index contributed by atoms with van der Waals surface area (Å²) in [4.78, 5) is 15.6. The van der Waals surface area contributed by atoms with E-state index < -0.39 is 5.97 Å². The van der Waals surface area contributed by atoms with Crippen LogP contribution in [0.5, 0.6) is 0 Å². The van der Waals surface area contributed by atoms with Crippen LogP contribution in [0.25, 0.3) is 0 Å². The van der Waals surface area contributed by atoms with Gasteiger partial charge in [0.05, 0.1) is 5.56 Å². The number of carboxylic acid groups (broad SMARTS) is 1. The number of hydrogen-bond donors (Lipinski definition) is 2. The van der Waals surface area contributed by atoms with Crippen molar-refractivity contribution in [2.45, 2.75) is 26.2 Å². The lowest BCUT2D eigenvalue weighted by molar-refractivity contribution is 0.0696. The highest BCUT2D eigenvalue weighted by molar-refractivity contribution is 7.98. The van der Waals surface area contributed by atoms with Crippen molar-refractivity contribution in [2.75, 3.05) is 23.9 Å². The van der Waals surface area contributed by atoms with Crippen molar-refractivity contribution in [3.63, 3.8) is 0 Å². The SMILES string of the molecule is CSCCNc1cc(C(=O)O)cc(C(C)(C)C)n1. The molecule has 5 heteroatoms. The van der Waals surface area contributed by atoms with Crippen molar-refractivity contribution in [3.05, 3.63) is 23.4 Å². The molecule has 1 aromatic rings. The van der Waals surface area contributed by atoms with E-state index in [-0.39, 0.29) is 11.0 Å². The summed E-state index contributed by atoms with van der Waals surface area (Å²) in [5.41, 5.74) is 0.900. The van der Waals surface area contributed by atoms with Crippen LogP contribution in [0.1, 0.15) is 36.8 Å². The van der Waals surface area contributed by atoms with Crippen molar-refractivity contribution in [1.29, 1.82) is 0 Å². The molecule has 1 rings (SSSR count). The van der Waals surface area contributed by atoms with Crippen LogP contribution >= 0.6 is 11.8 Å². The van der Waals surface area contributed by atoms with E-state index in [4.69, 9.17) is 5.11 Å². The van der Waals surface area contributed by atoms with Gasteiger partial charge in [-0.2, -0.15) is 11.8 Å². The maximum atomic E-state index is 11.1. The molecule has 0 saturated heterocycles. The second kappa shape index (κ2) is 6.09. The first-order valence-electron chi connectivity index (χ1n) is 5.83. The number of pyridine rings is 1. The third-order valence-electron chi connectivity index (χ3n) is 2.45. The number of aromatic carboxylic acids is 1. The van der Waals surface area contributed by atoms with Gasteiger partial charge in [0.2, 0.25) is 0 Å². The normalized spacial score (nSPS) is 11.3. The minimum absolute atomic E-state index is 0.165. The van der Waals surface area contributed by atoms with Gasteiger partial charge in [-0.15, -0.1) is 0 Å². The fourth-order valence-corrected chi connectivity index (χ4v) is 1.72. The standard InChI is InChI=1S/C13H20N2O2S/c1-13(2,3)10-7-9(12(16)17)8-11(15-10)14-5-6-18-4/h7-8H,5-6H2,1-4H3,(H,14,15)(H,16,17). The number of carboxylic acids is 1. The lowest BCUT2D eigenvalue weighted by Crippen LogP contribution is -2.17. The van der Waals surface area contributed by atoms with Crippen molar-refractivity contribution in [1.82, 2.24) is 4.98 Å². The molecule has 0 unspecified atom stereocenters. The van der Waals surface area contributed by atoms with Gasteiger partial charge >= 0.3 is 5.97 Å². The highest BCUT2D eigenvalue weighted by Gasteiger charge is 2.18. The van der Waals surface area contributed by atoms with Gasteiger partial charge in [0.25, 0.3) is 0 Å². The Morgan fingerprint density at radius 3 is 2.61 bits per heavy atom. The molecule has 1 heterocycles. The molecular weight excluding hydrogens is 248 g/mol. The zero-order valence-electron chi connectivity index (χ0n) is 11.3. The summed E-state index contributed by atoms with van der Waals surface area (Å²) in [6, 6.07) is 3.22.